The maximum absolute atomic E-state index is 13.3. The molecule has 4 aliphatic carbocycles. The number of anilines is 1. The molecular formula is C49H70N2O12. The second-order valence-electron chi connectivity index (χ2n) is 19.3. The van der Waals surface area contributed by atoms with E-state index in [0.717, 1.165) is 50.9 Å². The van der Waals surface area contributed by atoms with E-state index in [1.165, 1.54) is 56.9 Å². The number of cyclic esters (lactones) is 2. The normalized spacial score (nSPS) is 32.6. The largest absolute Gasteiger partial charge is 0.505 e. The Morgan fingerprint density at radius 1 is 0.905 bits per heavy atom. The first-order valence-corrected chi connectivity index (χ1v) is 23.2. The van der Waals surface area contributed by atoms with Crippen LogP contribution in [0.5, 0.6) is 5.75 Å². The van der Waals surface area contributed by atoms with Gasteiger partial charge in [-0.1, -0.05) is 72.4 Å². The third kappa shape index (κ3) is 11.1. The molecule has 11 atom stereocenters. The molecular weight excluding hydrogens is 809 g/mol. The lowest BCUT2D eigenvalue weighted by molar-refractivity contribution is -0.175. The van der Waals surface area contributed by atoms with Gasteiger partial charge in [0.15, 0.2) is 23.7 Å². The summed E-state index contributed by atoms with van der Waals surface area (Å²) >= 11 is 0. The number of fused-ring (bicyclic) bond motifs is 5. The van der Waals surface area contributed by atoms with Gasteiger partial charge in [-0.2, -0.15) is 0 Å². The molecule has 4 fully saturated rings. The molecule has 1 saturated heterocycles. The number of allylic oxidation sites excluding steroid dienone is 1. The first-order valence-electron chi connectivity index (χ1n) is 23.2. The molecule has 3 N–H and O–H groups in total. The number of benzene rings is 1. The third-order valence-electron chi connectivity index (χ3n) is 14.7. The standard InChI is InChI=1S/C27H38N2O9.C22H32O3/c1-6-7-8-10-19-24(38-21(31)13-15(2)3)17(5)37-27(35)22(16(4)36-26(19)34)29-25(33)18-11-9-12-20(23(18)32)28-14-30;1-4-20(24)25-19-8-7-17-16-6-5-14-13-15(23)9-11-21(14,2)18(16)10-12-22(17,19)3/h9,11-12,14-17,19,22,24,32H,6-8,10,13H2,1-5H3,(H,28,30)(H,29,33);13,16-19H,4-12H2,1-3H3. The lowest BCUT2D eigenvalue weighted by Crippen LogP contribution is -2.51. The number of amides is 2. The van der Waals surface area contributed by atoms with Gasteiger partial charge in [0, 0.05) is 24.7 Å². The van der Waals surface area contributed by atoms with E-state index in [0.29, 0.717) is 43.3 Å². The Bertz CT molecular complexity index is 1890. The van der Waals surface area contributed by atoms with Gasteiger partial charge < -0.3 is 34.7 Å². The van der Waals surface area contributed by atoms with E-state index in [-0.39, 0.29) is 46.5 Å². The molecule has 0 bridgehead atoms. The van der Waals surface area contributed by atoms with E-state index in [4.69, 9.17) is 18.9 Å². The second-order valence-corrected chi connectivity index (χ2v) is 19.3. The highest BCUT2D eigenvalue weighted by molar-refractivity contribution is 6.01. The Morgan fingerprint density at radius 3 is 2.32 bits per heavy atom. The predicted octanol–water partition coefficient (Wildman–Crippen LogP) is 7.93. The maximum atomic E-state index is 13.3. The Kier molecular flexibility index (Phi) is 16.6. The summed E-state index contributed by atoms with van der Waals surface area (Å²) in [5.41, 5.74) is 1.61. The monoisotopic (exact) mass is 878 g/mol. The van der Waals surface area contributed by atoms with Crippen molar-refractivity contribution in [1.82, 2.24) is 5.32 Å². The number of hydrogen-bond acceptors (Lipinski definition) is 12. The Morgan fingerprint density at radius 2 is 1.63 bits per heavy atom. The van der Waals surface area contributed by atoms with Crippen molar-refractivity contribution in [3.05, 3.63) is 35.4 Å². The fourth-order valence-corrected chi connectivity index (χ4v) is 11.2. The Labute approximate surface area is 372 Å². The van der Waals surface area contributed by atoms with Gasteiger partial charge in [-0.05, 0) is 113 Å². The number of ketones is 1. The van der Waals surface area contributed by atoms with Gasteiger partial charge in [-0.3, -0.25) is 28.8 Å². The molecule has 1 heterocycles. The van der Waals surface area contributed by atoms with Gasteiger partial charge in [-0.25, -0.2) is 4.79 Å². The first-order chi connectivity index (χ1) is 29.9. The summed E-state index contributed by atoms with van der Waals surface area (Å²) in [6.45, 7) is 15.4. The fourth-order valence-electron chi connectivity index (χ4n) is 11.2. The van der Waals surface area contributed by atoms with Gasteiger partial charge in [0.25, 0.3) is 5.91 Å². The quantitative estimate of drug-likeness (QED) is 0.0569. The second kappa shape index (κ2) is 21.3. The lowest BCUT2D eigenvalue weighted by Gasteiger charge is -2.57. The molecule has 63 heavy (non-hydrogen) atoms. The van der Waals surface area contributed by atoms with Gasteiger partial charge >= 0.3 is 23.9 Å². The van der Waals surface area contributed by atoms with E-state index in [9.17, 15) is 38.7 Å². The molecule has 0 spiro atoms. The first kappa shape index (κ1) is 49.3. The summed E-state index contributed by atoms with van der Waals surface area (Å²) in [6.07, 6.45) is 11.3. The van der Waals surface area contributed by atoms with Crippen LogP contribution < -0.4 is 10.6 Å². The van der Waals surface area contributed by atoms with Crippen LogP contribution in [0.15, 0.2) is 29.8 Å². The molecule has 0 aromatic heterocycles. The molecule has 5 aliphatic rings. The number of phenolic OH excluding ortho intramolecular Hbond substituents is 1. The minimum absolute atomic E-state index is 0.00114. The van der Waals surface area contributed by atoms with Crippen LogP contribution in [0.4, 0.5) is 5.69 Å². The summed E-state index contributed by atoms with van der Waals surface area (Å²) in [5, 5.41) is 15.1. The number of rotatable bonds is 13. The number of hydrogen-bond donors (Lipinski definition) is 3. The van der Waals surface area contributed by atoms with Crippen molar-refractivity contribution in [2.45, 2.75) is 176 Å². The van der Waals surface area contributed by atoms with Gasteiger partial charge in [-0.15, -0.1) is 0 Å². The van der Waals surface area contributed by atoms with Crippen LogP contribution in [0.2, 0.25) is 0 Å². The number of carbonyl (C=O) groups is 7. The molecule has 14 heteroatoms. The summed E-state index contributed by atoms with van der Waals surface area (Å²) in [5.74, 6) is -1.86. The topological polar surface area (TPSA) is 201 Å². The van der Waals surface area contributed by atoms with E-state index in [1.54, 1.807) is 0 Å². The molecule has 2 amide bonds. The van der Waals surface area contributed by atoms with Crippen LogP contribution in [0.3, 0.4) is 0 Å². The highest BCUT2D eigenvalue weighted by Gasteiger charge is 2.60. The zero-order valence-corrected chi connectivity index (χ0v) is 38.5. The predicted molar refractivity (Wildman–Crippen MR) is 234 cm³/mol. The number of carbonyl (C=O) groups excluding carboxylic acids is 7. The van der Waals surface area contributed by atoms with E-state index >= 15 is 0 Å². The van der Waals surface area contributed by atoms with Gasteiger partial charge in [0.05, 0.1) is 17.2 Å². The maximum Gasteiger partial charge on any atom is 0.332 e. The van der Waals surface area contributed by atoms with Gasteiger partial charge in [0.1, 0.15) is 18.3 Å². The van der Waals surface area contributed by atoms with Crippen molar-refractivity contribution < 1.29 is 57.6 Å². The van der Waals surface area contributed by atoms with Crippen molar-refractivity contribution in [1.29, 1.82) is 0 Å². The molecule has 1 aromatic rings. The number of aromatic hydroxyl groups is 1. The zero-order chi connectivity index (χ0) is 46.2. The average Bonchev–Trinajstić information content (AvgIpc) is 3.57. The van der Waals surface area contributed by atoms with Crippen molar-refractivity contribution in [2.75, 3.05) is 5.32 Å². The number of esters is 4. The Hall–Kier alpha value is -4.75. The molecule has 11 unspecified atom stereocenters. The van der Waals surface area contributed by atoms with E-state index in [2.05, 4.69) is 24.5 Å². The third-order valence-corrected chi connectivity index (χ3v) is 14.7. The van der Waals surface area contributed by atoms with Crippen molar-refractivity contribution >= 4 is 47.7 Å². The molecule has 348 valence electrons. The number of unbranched alkanes of at least 4 members (excludes halogenated alkanes) is 2. The summed E-state index contributed by atoms with van der Waals surface area (Å²) < 4.78 is 22.7. The van der Waals surface area contributed by atoms with Crippen molar-refractivity contribution in [3.8, 4) is 5.75 Å². The molecule has 0 radical (unpaired) electrons. The average molecular weight is 879 g/mol. The summed E-state index contributed by atoms with van der Waals surface area (Å²) in [4.78, 5) is 86.5. The number of ether oxygens (including phenoxy) is 4. The molecule has 3 saturated carbocycles. The molecule has 1 aromatic carbocycles. The SMILES string of the molecule is CCC(=O)OC1CCC2C3CCC4=CC(=O)CCC4(C)C3CCC12C.CCCCCC1C(=O)OC(C)C(NC(=O)c2cccc(NC=O)c2O)C(=O)OC(C)C1OC(=O)CC(C)C. The number of phenols is 1. The highest BCUT2D eigenvalue weighted by Crippen LogP contribution is 2.65. The van der Waals surface area contributed by atoms with Crippen LogP contribution in [-0.2, 0) is 47.7 Å². The Balaban J connectivity index is 0.000000256. The van der Waals surface area contributed by atoms with Crippen molar-refractivity contribution in [2.24, 2.45) is 40.4 Å². The fraction of sp³-hybridized carbons (Fsp3) is 0.694. The minimum atomic E-state index is -1.42. The van der Waals surface area contributed by atoms with E-state index in [1.807, 2.05) is 33.8 Å². The minimum Gasteiger partial charge on any atom is -0.505 e. The molecule has 6 rings (SSSR count). The summed E-state index contributed by atoms with van der Waals surface area (Å²) in [7, 11) is 0. The lowest BCUT2D eigenvalue weighted by atomic mass is 9.47. The van der Waals surface area contributed by atoms with Crippen LogP contribution >= 0.6 is 0 Å². The van der Waals surface area contributed by atoms with Crippen LogP contribution in [0.1, 0.15) is 156 Å². The smallest absolute Gasteiger partial charge is 0.332 e. The highest BCUT2D eigenvalue weighted by atomic mass is 16.6. The number of nitrogens with one attached hydrogen (secondary N) is 2. The van der Waals surface area contributed by atoms with Crippen molar-refractivity contribution in [3.63, 3.8) is 0 Å². The molecule has 1 aliphatic heterocycles. The van der Waals surface area contributed by atoms with Gasteiger partial charge in [0.2, 0.25) is 6.41 Å². The number of para-hydroxylation sites is 1. The summed E-state index contributed by atoms with van der Waals surface area (Å²) in [6, 6.07) is 2.71. The van der Waals surface area contributed by atoms with Crippen LogP contribution in [0, 0.1) is 40.4 Å². The molecule has 14 nitrogen and oxygen atoms in total. The van der Waals surface area contributed by atoms with Crippen LogP contribution in [-0.4, -0.2) is 77.5 Å². The van der Waals surface area contributed by atoms with E-state index < -0.39 is 59.8 Å². The van der Waals surface area contributed by atoms with Crippen LogP contribution in [0.25, 0.3) is 0 Å². The zero-order valence-electron chi connectivity index (χ0n) is 38.5.